The summed E-state index contributed by atoms with van der Waals surface area (Å²) in [6.45, 7) is 1.86. The number of fused-ring (bicyclic) bond motifs is 14. The summed E-state index contributed by atoms with van der Waals surface area (Å²) in [6, 6.07) is 125. The minimum atomic E-state index is -2.35. The fourth-order valence-corrected chi connectivity index (χ4v) is 16.9. The smallest absolute Gasteiger partial charge is 0.188 e. The third-order valence-electron chi connectivity index (χ3n) is 21.3. The number of hydrogen-bond donors (Lipinski definition) is 0. The van der Waals surface area contributed by atoms with Crippen molar-refractivity contribution < 1.29 is 46.2 Å². The van der Waals surface area contributed by atoms with Crippen molar-refractivity contribution in [2.75, 3.05) is 0 Å². The summed E-state index contributed by atoms with van der Waals surface area (Å²) in [6.07, 6.45) is 7.61. The Hall–Kier alpha value is -11.9. The molecule has 0 N–H and O–H groups in total. The molecule has 0 aliphatic heterocycles. The monoisotopic (exact) mass is 1710 g/mol. The van der Waals surface area contributed by atoms with Gasteiger partial charge in [-0.25, -0.2) is 23.7 Å². The van der Waals surface area contributed by atoms with Crippen molar-refractivity contribution in [3.05, 3.63) is 414 Å². The molecule has 10 heteroatoms. The fraction of sp³-hybridized carbons (Fsp3) is 0.0526. The van der Waals surface area contributed by atoms with Gasteiger partial charge in [-0.2, -0.15) is 65.2 Å². The van der Waals surface area contributed by atoms with Gasteiger partial charge in [0.1, 0.15) is 17.3 Å². The summed E-state index contributed by atoms with van der Waals surface area (Å²) >= 11 is 0. The maximum Gasteiger partial charge on any atom is 0.188 e. The van der Waals surface area contributed by atoms with Crippen LogP contribution in [0.1, 0.15) is 59.7 Å². The fourth-order valence-electron chi connectivity index (χ4n) is 16.9. The van der Waals surface area contributed by atoms with E-state index in [9.17, 15) is 0 Å². The molecule has 0 fully saturated rings. The van der Waals surface area contributed by atoms with Crippen LogP contribution in [0.2, 0.25) is 0 Å². The van der Waals surface area contributed by atoms with Gasteiger partial charge in [0.25, 0.3) is 0 Å². The van der Waals surface area contributed by atoms with E-state index in [1.54, 1.807) is 6.33 Å². The van der Waals surface area contributed by atoms with E-state index in [1.807, 2.05) is 65.5 Å². The first kappa shape index (κ1) is 61.7. The first-order chi connectivity index (χ1) is 52.0. The van der Waals surface area contributed by atoms with Crippen LogP contribution in [0, 0.1) is 38.1 Å². The Kier molecular flexibility index (Phi) is 15.2. The molecule has 0 atom stereocenters. The molecule has 0 spiro atoms. The Bertz CT molecular complexity index is 6690. The van der Waals surface area contributed by atoms with Crippen molar-refractivity contribution in [2.45, 2.75) is 24.7 Å². The van der Waals surface area contributed by atoms with Crippen LogP contribution in [0.25, 0.3) is 117 Å². The molecule has 0 saturated heterocycles. The average molecular weight is 1710 g/mol. The van der Waals surface area contributed by atoms with Crippen molar-refractivity contribution in [2.24, 2.45) is 6.98 Å². The second-order valence-corrected chi connectivity index (χ2v) is 27.0. The molecule has 21 rings (SSSR count). The van der Waals surface area contributed by atoms with E-state index in [1.165, 1.54) is 32.2 Å². The average Bonchev–Trinajstić information content (AvgIpc) is 1.51. The third kappa shape index (κ3) is 9.95. The van der Waals surface area contributed by atoms with Crippen LogP contribution in [-0.2, 0) is 59.9 Å². The first-order valence-electron chi connectivity index (χ1n) is 36.4. The number of imidazole rings is 2. The minimum Gasteiger partial charge on any atom is -0.319 e. The molecule has 105 heavy (non-hydrogen) atoms. The molecule has 6 aromatic heterocycles. The van der Waals surface area contributed by atoms with Gasteiger partial charge >= 0.3 is 0 Å². The molecule has 0 unspecified atom stereocenters. The quantitative estimate of drug-likeness (QED) is 0.135. The predicted octanol–water partition coefficient (Wildman–Crippen LogP) is 21.5. The summed E-state index contributed by atoms with van der Waals surface area (Å²) in [5, 5.41) is 4.57. The van der Waals surface area contributed by atoms with E-state index in [2.05, 4.69) is 324 Å². The molecule has 8 nitrogen and oxygen atoms in total. The van der Waals surface area contributed by atoms with Gasteiger partial charge in [0.2, 0.25) is 0 Å². The van der Waals surface area contributed by atoms with E-state index in [0.717, 1.165) is 139 Å². The molecular weight excluding hydrogens is 1640 g/mol. The van der Waals surface area contributed by atoms with Gasteiger partial charge in [0.05, 0.1) is 0 Å². The van der Waals surface area contributed by atoms with Gasteiger partial charge in [-0.1, -0.05) is 181 Å². The van der Waals surface area contributed by atoms with Crippen LogP contribution < -0.4 is 0 Å². The van der Waals surface area contributed by atoms with E-state index in [-0.39, 0.29) is 42.1 Å². The van der Waals surface area contributed by atoms with Crippen LogP contribution in [0.15, 0.2) is 334 Å². The largest absolute Gasteiger partial charge is 0.319 e. The van der Waals surface area contributed by atoms with Crippen LogP contribution in [-0.4, -0.2) is 37.4 Å². The summed E-state index contributed by atoms with van der Waals surface area (Å²) in [7, 11) is 0. The number of aromatic nitrogens is 8. The Morgan fingerprint density at radius 1 is 0.324 bits per heavy atom. The maximum atomic E-state index is 8.27. The van der Waals surface area contributed by atoms with Gasteiger partial charge < -0.3 is 9.13 Å². The van der Waals surface area contributed by atoms with E-state index >= 15 is 0 Å². The Morgan fingerprint density at radius 2 is 0.695 bits per heavy atom. The van der Waals surface area contributed by atoms with E-state index in [0.29, 0.717) is 5.52 Å². The summed E-state index contributed by atoms with van der Waals surface area (Å²) in [4.78, 5) is 9.72. The van der Waals surface area contributed by atoms with Crippen molar-refractivity contribution in [1.29, 1.82) is 0 Å². The zero-order chi connectivity index (χ0) is 71.0. The number of benzene rings is 13. The molecule has 0 saturated carbocycles. The number of nitrogens with zero attached hydrogens (tertiary/aromatic N) is 8. The Morgan fingerprint density at radius 3 is 1.14 bits per heavy atom. The minimum absolute atomic E-state index is 0. The zero-order valence-electron chi connectivity index (χ0n) is 60.0. The van der Waals surface area contributed by atoms with Crippen molar-refractivity contribution in [3.8, 4) is 51.0 Å². The van der Waals surface area contributed by atoms with Gasteiger partial charge in [0, 0.05) is 123 Å². The molecule has 0 radical (unpaired) electrons. The van der Waals surface area contributed by atoms with Crippen molar-refractivity contribution in [1.82, 2.24) is 37.4 Å². The number of aryl methyl sites for hydroxylation is 3. The maximum absolute atomic E-state index is 8.27. The predicted molar refractivity (Wildman–Crippen MR) is 417 cm³/mol. The molecule has 0 amide bonds. The Labute approximate surface area is 641 Å². The second-order valence-electron chi connectivity index (χ2n) is 27.0. The van der Waals surface area contributed by atoms with Crippen LogP contribution >= 0.6 is 0 Å². The van der Waals surface area contributed by atoms with Gasteiger partial charge in [-0.15, -0.1) is 51.2 Å². The standard InChI is InChI=1S/C50H33N4.C45H31N4.2Pt/c1-34-28-29-51-49(30-34)54-45-23-10-7-20-41(45)42-27-26-36(32-48(42)54)50(43-21-8-5-18-39(43)40-19-6-9-22-44(40)50)35-14-13-17-38(31-35)53-33-52(37-15-3-2-4-16-37)46-24-11-12-25-47(46)53;1-30-24-25-46-44(26-30)49-40-19-8-5-16-36(40)37-23-22-32(28-43(37)49)45(38-17-6-3-14-34(38)35-15-4-7-18-39(35)45)31-12-11-13-33(27-31)48-29-47(2)41-20-9-10-21-42(41)48;;/h2-30,33H,1H3;3-26,29H,1-2H3;;/q2*-1;;/i;2D3;;. The number of pyridine rings is 2. The SMILES string of the molecule is Cc1ccnc(-n2c3[c-]c(C4(c5[c-]c(-n6[cH+]n(-c7ccccc7)c7ccccc76)ccc5)c5ccccc5-c5ccccc54)ccc3c3ccccc32)c1.[2H]C([2H])([2H])n1[cH+]n(-c2[c-]c(C3(c4[c-]c5c(cc4)c4ccccc4n5-c4cc(C)ccn4)c4ccccc4-c4ccccc43)ccc2)c2ccccc21.[Pt].[Pt]. The molecule has 19 aromatic rings. The molecule has 13 aromatic carbocycles. The molecule has 6 heterocycles. The first-order valence-corrected chi connectivity index (χ1v) is 34.9. The molecule has 506 valence electrons. The number of hydrogen-bond acceptors (Lipinski definition) is 2. The Balaban J connectivity index is 0.000000150. The number of rotatable bonds is 9. The van der Waals surface area contributed by atoms with Crippen LogP contribution in [0.3, 0.4) is 0 Å². The van der Waals surface area contributed by atoms with Crippen molar-refractivity contribution in [3.63, 3.8) is 0 Å². The van der Waals surface area contributed by atoms with Gasteiger partial charge in [-0.3, -0.25) is 0 Å². The van der Waals surface area contributed by atoms with E-state index < -0.39 is 17.8 Å². The van der Waals surface area contributed by atoms with Crippen LogP contribution in [0.4, 0.5) is 0 Å². The second kappa shape index (κ2) is 25.8. The summed E-state index contributed by atoms with van der Waals surface area (Å²) in [5.41, 5.74) is 25.0. The third-order valence-corrected chi connectivity index (χ3v) is 21.3. The van der Waals surface area contributed by atoms with Gasteiger partial charge in [-0.05, 0) is 141 Å². The molecular formula is C95H64N8Pt2-2. The van der Waals surface area contributed by atoms with Crippen molar-refractivity contribution >= 4 is 65.7 Å². The van der Waals surface area contributed by atoms with E-state index in [4.69, 9.17) is 14.1 Å². The topological polar surface area (TPSA) is 55.4 Å². The van der Waals surface area contributed by atoms with Gasteiger partial charge in [0.15, 0.2) is 34.7 Å². The number of para-hydroxylation sites is 7. The molecule has 0 bridgehead atoms. The normalized spacial score (nSPS) is 13.4. The summed E-state index contributed by atoms with van der Waals surface area (Å²) < 4.78 is 37.1. The van der Waals surface area contributed by atoms with Crippen LogP contribution in [0.5, 0.6) is 0 Å². The zero-order valence-corrected chi connectivity index (χ0v) is 61.5. The molecule has 2 aliphatic rings. The summed E-state index contributed by atoms with van der Waals surface area (Å²) in [5.74, 6) is 1.73. The molecule has 2 aliphatic carbocycles.